The minimum atomic E-state index is 0.603. The third-order valence-corrected chi connectivity index (χ3v) is 3.38. The molecule has 0 radical (unpaired) electrons. The van der Waals surface area contributed by atoms with Crippen LogP contribution in [0.25, 0.3) is 10.9 Å². The summed E-state index contributed by atoms with van der Waals surface area (Å²) < 4.78 is 11.1. The highest BCUT2D eigenvalue weighted by Crippen LogP contribution is 2.33. The SMILES string of the molecule is c1cc2cc(Nc3ccc4c(c3)OCCO4)ccc2[nH]1. The number of hydrogen-bond donors (Lipinski definition) is 2. The van der Waals surface area contributed by atoms with Gasteiger partial charge in [0.2, 0.25) is 0 Å². The molecule has 100 valence electrons. The Labute approximate surface area is 116 Å². The molecule has 0 saturated carbocycles. The van der Waals surface area contributed by atoms with Gasteiger partial charge in [-0.25, -0.2) is 0 Å². The molecule has 4 nitrogen and oxygen atoms in total. The van der Waals surface area contributed by atoms with E-state index in [1.807, 2.05) is 24.4 Å². The van der Waals surface area contributed by atoms with Crippen molar-refractivity contribution >= 4 is 22.3 Å². The number of H-pyrrole nitrogens is 1. The number of ether oxygens (including phenoxy) is 2. The van der Waals surface area contributed by atoms with Crippen LogP contribution in [-0.2, 0) is 0 Å². The summed E-state index contributed by atoms with van der Waals surface area (Å²) in [5.41, 5.74) is 3.18. The summed E-state index contributed by atoms with van der Waals surface area (Å²) in [4.78, 5) is 3.19. The molecule has 1 aromatic heterocycles. The number of benzene rings is 2. The Morgan fingerprint density at radius 2 is 1.65 bits per heavy atom. The third kappa shape index (κ3) is 1.95. The Kier molecular flexibility index (Phi) is 2.52. The number of fused-ring (bicyclic) bond motifs is 2. The summed E-state index contributed by atoms with van der Waals surface area (Å²) in [6.07, 6.45) is 1.94. The van der Waals surface area contributed by atoms with E-state index in [0.29, 0.717) is 13.2 Å². The van der Waals surface area contributed by atoms with Crippen molar-refractivity contribution in [1.82, 2.24) is 4.98 Å². The van der Waals surface area contributed by atoms with E-state index < -0.39 is 0 Å². The lowest BCUT2D eigenvalue weighted by Gasteiger charge is -2.19. The fourth-order valence-corrected chi connectivity index (χ4v) is 2.42. The predicted molar refractivity (Wildman–Crippen MR) is 79.0 cm³/mol. The van der Waals surface area contributed by atoms with Crippen LogP contribution in [0.3, 0.4) is 0 Å². The molecule has 0 atom stereocenters. The highest BCUT2D eigenvalue weighted by Gasteiger charge is 2.11. The van der Waals surface area contributed by atoms with Gasteiger partial charge < -0.3 is 19.8 Å². The molecule has 2 aromatic carbocycles. The molecule has 4 heteroatoms. The first kappa shape index (κ1) is 11.2. The molecule has 1 aliphatic heterocycles. The molecule has 2 N–H and O–H groups in total. The van der Waals surface area contributed by atoms with Gasteiger partial charge in [0.1, 0.15) is 13.2 Å². The molecule has 0 amide bonds. The Bertz CT molecular complexity index is 764. The van der Waals surface area contributed by atoms with Crippen LogP contribution in [0.1, 0.15) is 0 Å². The molecule has 0 bridgehead atoms. The summed E-state index contributed by atoms with van der Waals surface area (Å²) >= 11 is 0. The molecule has 0 fully saturated rings. The molecule has 0 saturated heterocycles. The van der Waals surface area contributed by atoms with Crippen LogP contribution in [0.15, 0.2) is 48.7 Å². The maximum absolute atomic E-state index is 5.59. The van der Waals surface area contributed by atoms with E-state index >= 15 is 0 Å². The monoisotopic (exact) mass is 266 g/mol. The van der Waals surface area contributed by atoms with E-state index in [4.69, 9.17) is 9.47 Å². The highest BCUT2D eigenvalue weighted by molar-refractivity contribution is 5.84. The van der Waals surface area contributed by atoms with Crippen molar-refractivity contribution in [3.05, 3.63) is 48.7 Å². The van der Waals surface area contributed by atoms with Crippen molar-refractivity contribution in [3.8, 4) is 11.5 Å². The summed E-state index contributed by atoms with van der Waals surface area (Å²) in [6.45, 7) is 1.22. The molecule has 2 heterocycles. The zero-order valence-corrected chi connectivity index (χ0v) is 10.8. The standard InChI is InChI=1S/C16H14N2O2/c1-3-14-11(5-6-17-14)9-12(1)18-13-2-4-15-16(10-13)20-8-7-19-15/h1-6,9-10,17-18H,7-8H2. The topological polar surface area (TPSA) is 46.3 Å². The molecule has 0 aliphatic carbocycles. The van der Waals surface area contributed by atoms with Crippen molar-refractivity contribution in [3.63, 3.8) is 0 Å². The van der Waals surface area contributed by atoms with E-state index in [-0.39, 0.29) is 0 Å². The first-order valence-corrected chi connectivity index (χ1v) is 6.62. The number of nitrogens with one attached hydrogen (secondary N) is 2. The van der Waals surface area contributed by atoms with E-state index in [1.54, 1.807) is 0 Å². The van der Waals surface area contributed by atoms with Crippen molar-refractivity contribution in [1.29, 1.82) is 0 Å². The van der Waals surface area contributed by atoms with Crippen molar-refractivity contribution in [2.24, 2.45) is 0 Å². The number of aromatic nitrogens is 1. The van der Waals surface area contributed by atoms with Crippen molar-refractivity contribution in [2.75, 3.05) is 18.5 Å². The van der Waals surface area contributed by atoms with E-state index in [2.05, 4.69) is 34.6 Å². The largest absolute Gasteiger partial charge is 0.486 e. The number of aromatic amines is 1. The van der Waals surface area contributed by atoms with Gasteiger partial charge in [0.25, 0.3) is 0 Å². The second kappa shape index (κ2) is 4.49. The van der Waals surface area contributed by atoms with Crippen LogP contribution in [0.4, 0.5) is 11.4 Å². The van der Waals surface area contributed by atoms with E-state index in [1.165, 1.54) is 5.39 Å². The van der Waals surface area contributed by atoms with Gasteiger partial charge in [-0.1, -0.05) is 0 Å². The molecule has 3 aromatic rings. The van der Waals surface area contributed by atoms with Crippen molar-refractivity contribution < 1.29 is 9.47 Å². The van der Waals surface area contributed by atoms with Gasteiger partial charge in [-0.2, -0.15) is 0 Å². The van der Waals surface area contributed by atoms with Gasteiger partial charge >= 0.3 is 0 Å². The van der Waals surface area contributed by atoms with Gasteiger partial charge in [-0.3, -0.25) is 0 Å². The van der Waals surface area contributed by atoms with Gasteiger partial charge in [0.15, 0.2) is 11.5 Å². The molecule has 1 aliphatic rings. The third-order valence-electron chi connectivity index (χ3n) is 3.38. The molecule has 0 spiro atoms. The zero-order chi connectivity index (χ0) is 13.4. The highest BCUT2D eigenvalue weighted by atomic mass is 16.6. The smallest absolute Gasteiger partial charge is 0.163 e. The Balaban J connectivity index is 1.64. The van der Waals surface area contributed by atoms with Crippen molar-refractivity contribution in [2.45, 2.75) is 0 Å². The minimum Gasteiger partial charge on any atom is -0.486 e. The zero-order valence-electron chi connectivity index (χ0n) is 10.8. The quantitative estimate of drug-likeness (QED) is 0.743. The van der Waals surface area contributed by atoms with Crippen LogP contribution >= 0.6 is 0 Å². The Morgan fingerprint density at radius 3 is 2.60 bits per heavy atom. The Hall–Kier alpha value is -2.62. The van der Waals surface area contributed by atoms with Gasteiger partial charge in [0, 0.05) is 34.5 Å². The molecule has 0 unspecified atom stereocenters. The second-order valence-electron chi connectivity index (χ2n) is 4.76. The number of rotatable bonds is 2. The van der Waals surface area contributed by atoms with Gasteiger partial charge in [-0.15, -0.1) is 0 Å². The average molecular weight is 266 g/mol. The molecular formula is C16H14N2O2. The first-order valence-electron chi connectivity index (χ1n) is 6.62. The van der Waals surface area contributed by atoms with Gasteiger partial charge in [0.05, 0.1) is 0 Å². The second-order valence-corrected chi connectivity index (χ2v) is 4.76. The number of anilines is 2. The lowest BCUT2D eigenvalue weighted by Crippen LogP contribution is -2.15. The molecule has 4 rings (SSSR count). The average Bonchev–Trinajstić information content (AvgIpc) is 2.95. The van der Waals surface area contributed by atoms with E-state index in [0.717, 1.165) is 28.4 Å². The van der Waals surface area contributed by atoms with Crippen LogP contribution in [0, 0.1) is 0 Å². The molecular weight excluding hydrogens is 252 g/mol. The van der Waals surface area contributed by atoms with Gasteiger partial charge in [-0.05, 0) is 36.4 Å². The Morgan fingerprint density at radius 1 is 0.850 bits per heavy atom. The predicted octanol–water partition coefficient (Wildman–Crippen LogP) is 3.68. The van der Waals surface area contributed by atoms with Crippen LogP contribution < -0.4 is 14.8 Å². The first-order chi connectivity index (χ1) is 9.88. The lowest BCUT2D eigenvalue weighted by molar-refractivity contribution is 0.171. The summed E-state index contributed by atoms with van der Waals surface area (Å²) in [5, 5.41) is 4.57. The normalized spacial score (nSPS) is 13.4. The maximum Gasteiger partial charge on any atom is 0.163 e. The summed E-state index contributed by atoms with van der Waals surface area (Å²) in [6, 6.07) is 14.2. The minimum absolute atomic E-state index is 0.603. The van der Waals surface area contributed by atoms with Crippen LogP contribution in [0.2, 0.25) is 0 Å². The number of hydrogen-bond acceptors (Lipinski definition) is 3. The fourth-order valence-electron chi connectivity index (χ4n) is 2.42. The maximum atomic E-state index is 5.59. The van der Waals surface area contributed by atoms with Crippen LogP contribution in [-0.4, -0.2) is 18.2 Å². The molecule has 20 heavy (non-hydrogen) atoms. The van der Waals surface area contributed by atoms with E-state index in [9.17, 15) is 0 Å². The summed E-state index contributed by atoms with van der Waals surface area (Å²) in [5.74, 6) is 1.60. The lowest BCUT2D eigenvalue weighted by atomic mass is 10.2. The van der Waals surface area contributed by atoms with Crippen LogP contribution in [0.5, 0.6) is 11.5 Å². The summed E-state index contributed by atoms with van der Waals surface area (Å²) in [7, 11) is 0. The fraction of sp³-hybridized carbons (Fsp3) is 0.125.